The first kappa shape index (κ1) is 16.7. The second-order valence-corrected chi connectivity index (χ2v) is 8.46. The number of sulfone groups is 1. The second-order valence-electron chi connectivity index (χ2n) is 6.24. The van der Waals surface area contributed by atoms with Gasteiger partial charge in [-0.3, -0.25) is 4.79 Å². The van der Waals surface area contributed by atoms with E-state index in [0.29, 0.717) is 13.0 Å². The van der Waals surface area contributed by atoms with Gasteiger partial charge in [-0.2, -0.15) is 0 Å². The molecule has 2 aliphatic rings. The highest BCUT2D eigenvalue weighted by atomic mass is 32.2. The molecule has 2 fully saturated rings. The van der Waals surface area contributed by atoms with Gasteiger partial charge in [0.1, 0.15) is 0 Å². The van der Waals surface area contributed by atoms with Crippen LogP contribution in [-0.2, 0) is 14.6 Å². The molecule has 2 aliphatic heterocycles. The summed E-state index contributed by atoms with van der Waals surface area (Å²) in [6, 6.07) is -0.274. The number of carbonyl (C=O) groups is 1. The Morgan fingerprint density at radius 3 is 2.71 bits per heavy atom. The van der Waals surface area contributed by atoms with Crippen LogP contribution in [0.15, 0.2) is 0 Å². The number of hydrogen-bond acceptors (Lipinski definition) is 5. The maximum absolute atomic E-state index is 13.0. The fourth-order valence-electron chi connectivity index (χ4n) is 3.61. The normalized spacial score (nSPS) is 31.4. The minimum Gasteiger partial charge on any atom is -0.395 e. The van der Waals surface area contributed by atoms with E-state index < -0.39 is 15.3 Å². The molecule has 122 valence electrons. The summed E-state index contributed by atoms with van der Waals surface area (Å²) in [4.78, 5) is 14.7. The topological polar surface area (TPSA) is 86.7 Å². The molecule has 0 spiro atoms. The third kappa shape index (κ3) is 3.57. The molecule has 2 heterocycles. The Morgan fingerprint density at radius 1 is 1.48 bits per heavy atom. The third-order valence-electron chi connectivity index (χ3n) is 4.68. The molecular formula is C14H26N2O4S. The molecule has 2 saturated heterocycles. The average molecular weight is 318 g/mol. The van der Waals surface area contributed by atoms with Crippen molar-refractivity contribution in [2.24, 2.45) is 5.41 Å². The molecule has 0 saturated carbocycles. The number of carbonyl (C=O) groups excluding carboxylic acids is 1. The lowest BCUT2D eigenvalue weighted by molar-refractivity contribution is -0.144. The van der Waals surface area contributed by atoms with Gasteiger partial charge >= 0.3 is 0 Å². The van der Waals surface area contributed by atoms with Gasteiger partial charge in [-0.05, 0) is 25.8 Å². The van der Waals surface area contributed by atoms with E-state index in [-0.39, 0.29) is 36.6 Å². The second kappa shape index (κ2) is 6.62. The number of hydrogen-bond donors (Lipinski definition) is 2. The molecule has 0 aromatic carbocycles. The molecule has 0 bridgehead atoms. The Labute approximate surface area is 126 Å². The van der Waals surface area contributed by atoms with E-state index in [1.54, 1.807) is 4.90 Å². The summed E-state index contributed by atoms with van der Waals surface area (Å²) in [5.41, 5.74) is -0.420. The van der Waals surface area contributed by atoms with Crippen LogP contribution in [0.3, 0.4) is 0 Å². The van der Waals surface area contributed by atoms with E-state index in [4.69, 9.17) is 0 Å². The minimum absolute atomic E-state index is 0.0190. The molecule has 0 aromatic rings. The molecule has 2 N–H and O–H groups in total. The van der Waals surface area contributed by atoms with E-state index in [9.17, 15) is 18.3 Å². The molecule has 0 aromatic heterocycles. The van der Waals surface area contributed by atoms with Gasteiger partial charge in [0.2, 0.25) is 5.91 Å². The van der Waals surface area contributed by atoms with Crippen LogP contribution in [0.2, 0.25) is 0 Å². The maximum atomic E-state index is 13.0. The zero-order valence-electron chi connectivity index (χ0n) is 12.7. The summed E-state index contributed by atoms with van der Waals surface area (Å²) in [6.07, 6.45) is 3.01. The van der Waals surface area contributed by atoms with E-state index in [0.717, 1.165) is 25.8 Å². The lowest BCUT2D eigenvalue weighted by atomic mass is 9.80. The fourth-order valence-corrected chi connectivity index (χ4v) is 5.34. The Bertz CT molecular complexity index is 471. The Hall–Kier alpha value is -0.660. The third-order valence-corrected chi connectivity index (χ3v) is 6.43. The van der Waals surface area contributed by atoms with Crippen molar-refractivity contribution in [1.82, 2.24) is 10.2 Å². The van der Waals surface area contributed by atoms with Crippen molar-refractivity contribution < 1.29 is 18.3 Å². The Balaban J connectivity index is 2.18. The van der Waals surface area contributed by atoms with Gasteiger partial charge in [0.15, 0.2) is 9.84 Å². The number of amides is 1. The molecule has 0 radical (unpaired) electrons. The van der Waals surface area contributed by atoms with Gasteiger partial charge in [0.25, 0.3) is 0 Å². The summed E-state index contributed by atoms with van der Waals surface area (Å²) in [6.45, 7) is 3.63. The number of nitrogens with zero attached hydrogens (tertiary/aromatic N) is 1. The summed E-state index contributed by atoms with van der Waals surface area (Å²) in [7, 11) is -3.04. The lowest BCUT2D eigenvalue weighted by Gasteiger charge is -2.36. The standard InChI is InChI=1S/C14H26N2O4S/c1-2-4-14(5-6-15-11-14)13(18)16(7-8-17)12-3-9-21(19,20)10-12/h12,15,17H,2-11H2,1H3. The Kier molecular flexibility index (Phi) is 5.27. The molecule has 2 atom stereocenters. The average Bonchev–Trinajstić information content (AvgIpc) is 3.03. The predicted molar refractivity (Wildman–Crippen MR) is 80.7 cm³/mol. The van der Waals surface area contributed by atoms with Gasteiger partial charge < -0.3 is 15.3 Å². The van der Waals surface area contributed by atoms with Crippen molar-refractivity contribution in [2.75, 3.05) is 37.7 Å². The van der Waals surface area contributed by atoms with Crippen molar-refractivity contribution >= 4 is 15.7 Å². The zero-order valence-corrected chi connectivity index (χ0v) is 13.5. The summed E-state index contributed by atoms with van der Waals surface area (Å²) in [5, 5.41) is 12.5. The summed E-state index contributed by atoms with van der Waals surface area (Å²) < 4.78 is 23.4. The molecule has 21 heavy (non-hydrogen) atoms. The van der Waals surface area contributed by atoms with Gasteiger partial charge in [-0.15, -0.1) is 0 Å². The van der Waals surface area contributed by atoms with Crippen molar-refractivity contribution in [2.45, 2.75) is 38.6 Å². The predicted octanol–water partition coefficient (Wildman–Crippen LogP) is -0.226. The van der Waals surface area contributed by atoms with Gasteiger partial charge in [0, 0.05) is 19.1 Å². The SMILES string of the molecule is CCCC1(C(=O)N(CCO)C2CCS(=O)(=O)C2)CCNC1. The number of aliphatic hydroxyl groups is 1. The van der Waals surface area contributed by atoms with Crippen LogP contribution in [-0.4, -0.2) is 68.1 Å². The first-order valence-corrected chi connectivity index (χ1v) is 9.59. The van der Waals surface area contributed by atoms with Crippen LogP contribution in [0.5, 0.6) is 0 Å². The fraction of sp³-hybridized carbons (Fsp3) is 0.929. The molecule has 2 rings (SSSR count). The summed E-state index contributed by atoms with van der Waals surface area (Å²) in [5.74, 6) is 0.200. The highest BCUT2D eigenvalue weighted by Gasteiger charge is 2.45. The van der Waals surface area contributed by atoms with Crippen LogP contribution in [0.1, 0.15) is 32.6 Å². The van der Waals surface area contributed by atoms with Crippen molar-refractivity contribution in [3.05, 3.63) is 0 Å². The molecule has 6 nitrogen and oxygen atoms in total. The number of rotatable bonds is 6. The minimum atomic E-state index is -3.04. The first-order chi connectivity index (χ1) is 9.94. The van der Waals surface area contributed by atoms with Gasteiger partial charge in [0.05, 0.1) is 23.5 Å². The molecule has 2 unspecified atom stereocenters. The van der Waals surface area contributed by atoms with E-state index >= 15 is 0 Å². The van der Waals surface area contributed by atoms with Crippen LogP contribution in [0, 0.1) is 5.41 Å². The highest BCUT2D eigenvalue weighted by molar-refractivity contribution is 7.91. The van der Waals surface area contributed by atoms with Crippen LogP contribution >= 0.6 is 0 Å². The van der Waals surface area contributed by atoms with Crippen LogP contribution in [0.25, 0.3) is 0 Å². The monoisotopic (exact) mass is 318 g/mol. The van der Waals surface area contributed by atoms with Crippen LogP contribution in [0.4, 0.5) is 0 Å². The van der Waals surface area contributed by atoms with Crippen molar-refractivity contribution in [3.63, 3.8) is 0 Å². The molecule has 7 heteroatoms. The maximum Gasteiger partial charge on any atom is 0.230 e. The van der Waals surface area contributed by atoms with E-state index in [1.165, 1.54) is 0 Å². The zero-order chi connectivity index (χ0) is 15.5. The molecule has 1 amide bonds. The molecule has 0 aliphatic carbocycles. The Morgan fingerprint density at radius 2 is 2.24 bits per heavy atom. The van der Waals surface area contributed by atoms with E-state index in [1.807, 2.05) is 0 Å². The quantitative estimate of drug-likeness (QED) is 0.707. The smallest absolute Gasteiger partial charge is 0.230 e. The van der Waals surface area contributed by atoms with Gasteiger partial charge in [-0.25, -0.2) is 8.42 Å². The van der Waals surface area contributed by atoms with Crippen molar-refractivity contribution in [3.8, 4) is 0 Å². The highest BCUT2D eigenvalue weighted by Crippen LogP contribution is 2.35. The number of nitrogens with one attached hydrogen (secondary N) is 1. The summed E-state index contributed by atoms with van der Waals surface area (Å²) >= 11 is 0. The number of aliphatic hydroxyl groups excluding tert-OH is 1. The van der Waals surface area contributed by atoms with Gasteiger partial charge in [-0.1, -0.05) is 13.3 Å². The van der Waals surface area contributed by atoms with Crippen molar-refractivity contribution in [1.29, 1.82) is 0 Å². The van der Waals surface area contributed by atoms with E-state index in [2.05, 4.69) is 12.2 Å². The first-order valence-electron chi connectivity index (χ1n) is 7.77. The largest absolute Gasteiger partial charge is 0.395 e. The van der Waals surface area contributed by atoms with Crippen LogP contribution < -0.4 is 5.32 Å². The molecular weight excluding hydrogens is 292 g/mol. The lowest BCUT2D eigenvalue weighted by Crippen LogP contribution is -2.51.